The molecule has 4 aliphatic heterocycles. The summed E-state index contributed by atoms with van der Waals surface area (Å²) in [5.41, 5.74) is 5.66. The average molecular weight is 484 g/mol. The quantitative estimate of drug-likeness (QED) is 0.433. The molecule has 0 unspecified atom stereocenters. The van der Waals surface area contributed by atoms with Gasteiger partial charge < -0.3 is 25.2 Å². The van der Waals surface area contributed by atoms with Gasteiger partial charge in [-0.1, -0.05) is 23.2 Å². The molecule has 1 amide bonds. The maximum Gasteiger partial charge on any atom is 0.274 e. The number of carbonyl (C=O) groups is 1. The van der Waals surface area contributed by atoms with Gasteiger partial charge in [0.2, 0.25) is 0 Å². The summed E-state index contributed by atoms with van der Waals surface area (Å²) >= 11 is 12.5. The standard InChI is InChI=1S/C24H23Cl2N5O2/c25-16-1-6-19(26)15(13-16)14-30-8-7-27-23-21(30)20-22(31(20)23)24(32)28-17-2-4-18(5-3-17)29-9-11-33-12-10-29/h1-6,13,27H,7-12,14H2,(H,28,32). The highest BCUT2D eigenvalue weighted by molar-refractivity contribution is 6.33. The van der Waals surface area contributed by atoms with E-state index in [1.807, 2.05) is 41.0 Å². The first-order chi connectivity index (χ1) is 16.1. The van der Waals surface area contributed by atoms with Crippen molar-refractivity contribution in [2.24, 2.45) is 0 Å². The molecule has 9 heteroatoms. The Kier molecular flexibility index (Phi) is 5.13. The normalized spacial score (nSPS) is 16.3. The van der Waals surface area contributed by atoms with Crippen molar-refractivity contribution in [3.8, 4) is 5.69 Å². The van der Waals surface area contributed by atoms with E-state index in [-0.39, 0.29) is 5.91 Å². The number of amides is 1. The molecule has 0 saturated carbocycles. The average Bonchev–Trinajstić information content (AvgIpc) is 3.49. The van der Waals surface area contributed by atoms with Crippen LogP contribution in [0.5, 0.6) is 0 Å². The lowest BCUT2D eigenvalue weighted by atomic mass is 10.1. The van der Waals surface area contributed by atoms with Crippen molar-refractivity contribution in [2.75, 3.05) is 59.8 Å². The largest absolute Gasteiger partial charge is 0.378 e. The zero-order valence-corrected chi connectivity index (χ0v) is 19.4. The minimum absolute atomic E-state index is 0.0962. The smallest absolute Gasteiger partial charge is 0.274 e. The lowest BCUT2D eigenvalue weighted by Gasteiger charge is -2.34. The molecule has 4 aliphatic rings. The van der Waals surface area contributed by atoms with E-state index in [2.05, 4.69) is 20.4 Å². The number of morpholine rings is 1. The molecule has 0 aliphatic carbocycles. The van der Waals surface area contributed by atoms with Crippen molar-refractivity contribution in [2.45, 2.75) is 6.54 Å². The van der Waals surface area contributed by atoms with E-state index in [4.69, 9.17) is 27.9 Å². The number of fused-ring (bicyclic) bond motifs is 4. The Hall–Kier alpha value is -2.87. The van der Waals surface area contributed by atoms with Crippen molar-refractivity contribution in [3.05, 3.63) is 63.8 Å². The summed E-state index contributed by atoms with van der Waals surface area (Å²) in [6, 6.07) is 13.5. The number of hydrogen-bond acceptors (Lipinski definition) is 5. The van der Waals surface area contributed by atoms with Gasteiger partial charge in [0.25, 0.3) is 5.91 Å². The monoisotopic (exact) mass is 483 g/mol. The summed E-state index contributed by atoms with van der Waals surface area (Å²) in [5, 5.41) is 7.80. The van der Waals surface area contributed by atoms with Gasteiger partial charge in [-0.05, 0) is 48.0 Å². The van der Waals surface area contributed by atoms with Gasteiger partial charge in [-0.3, -0.25) is 9.36 Å². The molecule has 7 nitrogen and oxygen atoms in total. The number of carbonyl (C=O) groups excluding carboxylic acids is 1. The lowest BCUT2D eigenvalue weighted by molar-refractivity contribution is 0.102. The third-order valence-electron chi connectivity index (χ3n) is 6.37. The minimum atomic E-state index is -0.0962. The van der Waals surface area contributed by atoms with Crippen molar-refractivity contribution >= 4 is 52.0 Å². The number of nitrogens with zero attached hydrogens (tertiary/aromatic N) is 3. The molecule has 0 aromatic heterocycles. The number of nitrogens with one attached hydrogen (secondary N) is 2. The minimum Gasteiger partial charge on any atom is -0.378 e. The number of benzene rings is 2. The van der Waals surface area contributed by atoms with Crippen LogP contribution in [-0.4, -0.2) is 49.9 Å². The molecule has 0 spiro atoms. The number of hydrogen-bond donors (Lipinski definition) is 2. The fraction of sp³-hybridized carbons (Fsp3) is 0.292. The van der Waals surface area contributed by atoms with E-state index in [1.165, 1.54) is 0 Å². The van der Waals surface area contributed by atoms with Crippen LogP contribution in [0.15, 0.2) is 42.5 Å². The molecule has 33 heavy (non-hydrogen) atoms. The Bertz CT molecular complexity index is 1230. The molecule has 6 rings (SSSR count). The van der Waals surface area contributed by atoms with Gasteiger partial charge in [0.15, 0.2) is 0 Å². The topological polar surface area (TPSA) is 61.8 Å². The third-order valence-corrected chi connectivity index (χ3v) is 6.97. The predicted molar refractivity (Wildman–Crippen MR) is 133 cm³/mol. The van der Waals surface area contributed by atoms with Gasteiger partial charge in [-0.25, -0.2) is 0 Å². The summed E-state index contributed by atoms with van der Waals surface area (Å²) < 4.78 is 7.40. The number of rotatable bonds is 5. The van der Waals surface area contributed by atoms with Crippen molar-refractivity contribution < 1.29 is 9.53 Å². The molecule has 4 heterocycles. The molecule has 1 saturated heterocycles. The van der Waals surface area contributed by atoms with Crippen molar-refractivity contribution in [1.29, 1.82) is 0 Å². The Morgan fingerprint density at radius 1 is 1.03 bits per heavy atom. The van der Waals surface area contributed by atoms with Gasteiger partial charge in [-0.15, -0.1) is 0 Å². The first-order valence-corrected chi connectivity index (χ1v) is 11.8. The highest BCUT2D eigenvalue weighted by atomic mass is 35.5. The molecular weight excluding hydrogens is 461 g/mol. The molecule has 170 valence electrons. The first-order valence-electron chi connectivity index (χ1n) is 11.1. The van der Waals surface area contributed by atoms with Gasteiger partial charge in [0, 0.05) is 54.1 Å². The first kappa shape index (κ1) is 20.7. The number of aromatic nitrogens is 1. The van der Waals surface area contributed by atoms with Crippen molar-refractivity contribution in [1.82, 2.24) is 4.57 Å². The molecule has 2 aromatic carbocycles. The molecule has 0 atom stereocenters. The van der Waals surface area contributed by atoms with Gasteiger partial charge in [-0.2, -0.15) is 0 Å². The Labute approximate surface area is 201 Å². The van der Waals surface area contributed by atoms with Crippen LogP contribution in [0.25, 0.3) is 5.69 Å². The fourth-order valence-corrected chi connectivity index (χ4v) is 5.03. The Morgan fingerprint density at radius 2 is 1.82 bits per heavy atom. The molecule has 0 radical (unpaired) electrons. The van der Waals surface area contributed by atoms with Crippen LogP contribution in [0.4, 0.5) is 22.9 Å². The fourth-order valence-electron chi connectivity index (χ4n) is 4.66. The van der Waals surface area contributed by atoms with Crippen LogP contribution in [0, 0.1) is 0 Å². The van der Waals surface area contributed by atoms with Crippen molar-refractivity contribution in [3.63, 3.8) is 0 Å². The van der Waals surface area contributed by atoms with E-state index in [0.29, 0.717) is 22.3 Å². The summed E-state index contributed by atoms with van der Waals surface area (Å²) in [4.78, 5) is 17.5. The van der Waals surface area contributed by atoms with E-state index >= 15 is 0 Å². The zero-order valence-electron chi connectivity index (χ0n) is 17.9. The molecular formula is C24H23Cl2N5O2. The zero-order chi connectivity index (χ0) is 22.5. The third kappa shape index (κ3) is 3.70. The summed E-state index contributed by atoms with van der Waals surface area (Å²) in [6.45, 7) is 5.55. The van der Waals surface area contributed by atoms with Crippen LogP contribution >= 0.6 is 23.2 Å². The van der Waals surface area contributed by atoms with Crippen LogP contribution in [0.1, 0.15) is 16.1 Å². The highest BCUT2D eigenvalue weighted by Gasteiger charge is 2.45. The highest BCUT2D eigenvalue weighted by Crippen LogP contribution is 2.54. The predicted octanol–water partition coefficient (Wildman–Crippen LogP) is 4.62. The number of halogens is 2. The van der Waals surface area contributed by atoms with Gasteiger partial charge >= 0.3 is 0 Å². The van der Waals surface area contributed by atoms with Gasteiger partial charge in [0.05, 0.1) is 13.2 Å². The van der Waals surface area contributed by atoms with E-state index in [0.717, 1.165) is 73.5 Å². The summed E-state index contributed by atoms with van der Waals surface area (Å²) in [7, 11) is 0. The van der Waals surface area contributed by atoms with E-state index < -0.39 is 0 Å². The van der Waals surface area contributed by atoms with E-state index in [1.54, 1.807) is 6.07 Å². The number of ether oxygens (including phenoxy) is 1. The van der Waals surface area contributed by atoms with Crippen LogP contribution in [-0.2, 0) is 11.3 Å². The van der Waals surface area contributed by atoms with Crippen LogP contribution in [0.2, 0.25) is 10.0 Å². The molecule has 2 aromatic rings. The second-order valence-corrected chi connectivity index (χ2v) is 9.26. The van der Waals surface area contributed by atoms with Crippen LogP contribution in [0.3, 0.4) is 0 Å². The maximum atomic E-state index is 13.0. The lowest BCUT2D eigenvalue weighted by Crippen LogP contribution is -2.36. The second kappa shape index (κ2) is 8.17. The molecule has 2 N–H and O–H groups in total. The van der Waals surface area contributed by atoms with E-state index in [9.17, 15) is 4.79 Å². The molecule has 0 bridgehead atoms. The Morgan fingerprint density at radius 3 is 2.61 bits per heavy atom. The van der Waals surface area contributed by atoms with Gasteiger partial charge in [0.1, 0.15) is 22.9 Å². The molecule has 1 fully saturated rings. The maximum absolute atomic E-state index is 13.0. The summed E-state index contributed by atoms with van der Waals surface area (Å²) in [6.07, 6.45) is 0. The number of anilines is 4. The Balaban J connectivity index is 1.17. The second-order valence-electron chi connectivity index (χ2n) is 8.41. The SMILES string of the molecule is O=C(Nc1ccc(N2CCOCC2)cc1)c1c2c3c(n1-2)NCCN3Cc1cc(Cl)ccc1Cl. The van der Waals surface area contributed by atoms with Crippen LogP contribution < -0.4 is 20.4 Å². The summed E-state index contributed by atoms with van der Waals surface area (Å²) in [5.74, 6) is 0.892.